The fraction of sp³-hybridized carbons (Fsp3) is 0.364. The zero-order valence-electron chi connectivity index (χ0n) is 8.36. The Morgan fingerprint density at radius 2 is 2.29 bits per heavy atom. The number of rotatable bonds is 4. The average molecular weight is 194 g/mol. The molecular formula is C11H14O3. The second-order valence-electron chi connectivity index (χ2n) is 3.18. The van der Waals surface area contributed by atoms with Gasteiger partial charge in [0.15, 0.2) is 5.78 Å². The normalized spacial score (nSPS) is 12.2. The first-order valence-electron chi connectivity index (χ1n) is 4.48. The lowest BCUT2D eigenvalue weighted by Gasteiger charge is -2.07. The first-order valence-corrected chi connectivity index (χ1v) is 4.48. The number of carbonyl (C=O) groups excluding carboxylic acids is 1. The summed E-state index contributed by atoms with van der Waals surface area (Å²) in [5.74, 6) is 0.231. The van der Waals surface area contributed by atoms with Gasteiger partial charge in [-0.1, -0.05) is 19.1 Å². The summed E-state index contributed by atoms with van der Waals surface area (Å²) in [5.41, 5.74) is 0.575. The van der Waals surface area contributed by atoms with Crippen molar-refractivity contribution in [3.63, 3.8) is 0 Å². The standard InChI is InChI=1S/C11H14O3/c1-8(7-12)11(13)9-4-3-5-10(6-9)14-2/h3-6,8,12H,7H2,1-2H3. The molecule has 1 rings (SSSR count). The molecule has 3 nitrogen and oxygen atoms in total. The second kappa shape index (κ2) is 4.77. The summed E-state index contributed by atoms with van der Waals surface area (Å²) in [6, 6.07) is 6.93. The largest absolute Gasteiger partial charge is 0.497 e. The van der Waals surface area contributed by atoms with Crippen molar-refractivity contribution in [2.24, 2.45) is 5.92 Å². The summed E-state index contributed by atoms with van der Waals surface area (Å²) in [5, 5.41) is 8.84. The van der Waals surface area contributed by atoms with Crippen LogP contribution in [0.15, 0.2) is 24.3 Å². The van der Waals surface area contributed by atoms with E-state index in [1.807, 2.05) is 0 Å². The Morgan fingerprint density at radius 3 is 2.86 bits per heavy atom. The third kappa shape index (κ3) is 2.33. The van der Waals surface area contributed by atoms with E-state index in [9.17, 15) is 4.79 Å². The van der Waals surface area contributed by atoms with Crippen LogP contribution < -0.4 is 4.74 Å². The molecule has 0 bridgehead atoms. The molecule has 0 aromatic heterocycles. The Labute approximate surface area is 83.3 Å². The Bertz CT molecular complexity index is 320. The zero-order valence-corrected chi connectivity index (χ0v) is 8.36. The van der Waals surface area contributed by atoms with Crippen LogP contribution in [0, 0.1) is 5.92 Å². The Morgan fingerprint density at radius 1 is 1.57 bits per heavy atom. The van der Waals surface area contributed by atoms with Crippen molar-refractivity contribution < 1.29 is 14.6 Å². The van der Waals surface area contributed by atoms with Crippen LogP contribution in [-0.4, -0.2) is 24.6 Å². The van der Waals surface area contributed by atoms with Gasteiger partial charge in [-0.25, -0.2) is 0 Å². The minimum absolute atomic E-state index is 0.0635. The van der Waals surface area contributed by atoms with Gasteiger partial charge in [0.2, 0.25) is 0 Å². The quantitative estimate of drug-likeness (QED) is 0.739. The number of Topliss-reactive ketones (excluding diaryl/α,β-unsaturated/α-hetero) is 1. The molecule has 0 fully saturated rings. The number of carbonyl (C=O) groups is 1. The maximum atomic E-state index is 11.6. The predicted octanol–water partition coefficient (Wildman–Crippen LogP) is 1.51. The van der Waals surface area contributed by atoms with Crippen LogP contribution in [0.25, 0.3) is 0 Å². The maximum Gasteiger partial charge on any atom is 0.168 e. The molecule has 0 aliphatic carbocycles. The summed E-state index contributed by atoms with van der Waals surface area (Å²) >= 11 is 0. The molecule has 0 saturated carbocycles. The van der Waals surface area contributed by atoms with Crippen LogP contribution in [0.1, 0.15) is 17.3 Å². The smallest absolute Gasteiger partial charge is 0.168 e. The van der Waals surface area contributed by atoms with E-state index >= 15 is 0 Å². The number of ketones is 1. The number of aliphatic hydroxyl groups excluding tert-OH is 1. The summed E-state index contributed by atoms with van der Waals surface area (Å²) < 4.78 is 5.00. The van der Waals surface area contributed by atoms with E-state index in [4.69, 9.17) is 9.84 Å². The first kappa shape index (κ1) is 10.7. The summed E-state index contributed by atoms with van der Waals surface area (Å²) in [6.07, 6.45) is 0. The van der Waals surface area contributed by atoms with Gasteiger partial charge in [0.25, 0.3) is 0 Å². The van der Waals surface area contributed by atoms with Crippen molar-refractivity contribution in [3.8, 4) is 5.75 Å². The van der Waals surface area contributed by atoms with Crippen LogP contribution in [-0.2, 0) is 0 Å². The molecule has 1 N–H and O–H groups in total. The molecule has 0 aliphatic heterocycles. The van der Waals surface area contributed by atoms with E-state index < -0.39 is 0 Å². The lowest BCUT2D eigenvalue weighted by Crippen LogP contribution is -2.14. The van der Waals surface area contributed by atoms with E-state index in [0.29, 0.717) is 11.3 Å². The molecule has 1 aromatic rings. The highest BCUT2D eigenvalue weighted by atomic mass is 16.5. The Balaban J connectivity index is 2.90. The molecular weight excluding hydrogens is 180 g/mol. The highest BCUT2D eigenvalue weighted by molar-refractivity contribution is 5.98. The SMILES string of the molecule is COc1cccc(C(=O)C(C)CO)c1. The van der Waals surface area contributed by atoms with E-state index in [0.717, 1.165) is 0 Å². The molecule has 0 radical (unpaired) electrons. The van der Waals surface area contributed by atoms with Crippen LogP contribution >= 0.6 is 0 Å². The fourth-order valence-corrected chi connectivity index (χ4v) is 1.14. The van der Waals surface area contributed by atoms with Crippen LogP contribution in [0.5, 0.6) is 5.75 Å². The highest BCUT2D eigenvalue weighted by Gasteiger charge is 2.14. The molecule has 1 aromatic carbocycles. The molecule has 0 saturated heterocycles. The van der Waals surface area contributed by atoms with Crippen molar-refractivity contribution in [2.75, 3.05) is 13.7 Å². The fourth-order valence-electron chi connectivity index (χ4n) is 1.14. The minimum atomic E-state index is -0.359. The minimum Gasteiger partial charge on any atom is -0.497 e. The molecule has 3 heteroatoms. The predicted molar refractivity (Wildman–Crippen MR) is 53.6 cm³/mol. The van der Waals surface area contributed by atoms with E-state index in [1.165, 1.54) is 0 Å². The monoisotopic (exact) mass is 194 g/mol. The van der Waals surface area contributed by atoms with Gasteiger partial charge in [-0.3, -0.25) is 4.79 Å². The van der Waals surface area contributed by atoms with Gasteiger partial charge in [0, 0.05) is 11.5 Å². The van der Waals surface area contributed by atoms with Gasteiger partial charge in [0.1, 0.15) is 5.75 Å². The zero-order chi connectivity index (χ0) is 10.6. The van der Waals surface area contributed by atoms with Crippen molar-refractivity contribution in [1.29, 1.82) is 0 Å². The molecule has 14 heavy (non-hydrogen) atoms. The number of hydrogen-bond acceptors (Lipinski definition) is 3. The second-order valence-corrected chi connectivity index (χ2v) is 3.18. The number of methoxy groups -OCH3 is 1. The van der Waals surface area contributed by atoms with Crippen LogP contribution in [0.4, 0.5) is 0 Å². The summed E-state index contributed by atoms with van der Waals surface area (Å²) in [7, 11) is 1.55. The van der Waals surface area contributed by atoms with Gasteiger partial charge in [0.05, 0.1) is 13.7 Å². The van der Waals surface area contributed by atoms with Crippen molar-refractivity contribution in [3.05, 3.63) is 29.8 Å². The van der Waals surface area contributed by atoms with Crippen molar-refractivity contribution in [1.82, 2.24) is 0 Å². The molecule has 0 spiro atoms. The van der Waals surface area contributed by atoms with Crippen molar-refractivity contribution in [2.45, 2.75) is 6.92 Å². The van der Waals surface area contributed by atoms with E-state index in [-0.39, 0.29) is 18.3 Å². The summed E-state index contributed by atoms with van der Waals surface area (Å²) in [4.78, 5) is 11.6. The average Bonchev–Trinajstić information content (AvgIpc) is 2.27. The third-order valence-corrected chi connectivity index (χ3v) is 2.08. The molecule has 0 heterocycles. The van der Waals surface area contributed by atoms with Gasteiger partial charge in [-0.2, -0.15) is 0 Å². The Kier molecular flexibility index (Phi) is 3.65. The maximum absolute atomic E-state index is 11.6. The number of ether oxygens (including phenoxy) is 1. The molecule has 76 valence electrons. The lowest BCUT2D eigenvalue weighted by atomic mass is 10.0. The molecule has 0 aliphatic rings. The van der Waals surface area contributed by atoms with Gasteiger partial charge in [-0.15, -0.1) is 0 Å². The molecule has 1 unspecified atom stereocenters. The van der Waals surface area contributed by atoms with Crippen LogP contribution in [0.2, 0.25) is 0 Å². The van der Waals surface area contributed by atoms with Gasteiger partial charge < -0.3 is 9.84 Å². The van der Waals surface area contributed by atoms with Crippen LogP contribution in [0.3, 0.4) is 0 Å². The lowest BCUT2D eigenvalue weighted by molar-refractivity contribution is 0.0877. The first-order chi connectivity index (χ1) is 6.69. The molecule has 0 amide bonds. The number of aliphatic hydroxyl groups is 1. The number of hydrogen-bond donors (Lipinski definition) is 1. The Hall–Kier alpha value is -1.35. The number of benzene rings is 1. The topological polar surface area (TPSA) is 46.5 Å². The highest BCUT2D eigenvalue weighted by Crippen LogP contribution is 2.15. The molecule has 1 atom stereocenters. The van der Waals surface area contributed by atoms with E-state index in [2.05, 4.69) is 0 Å². The van der Waals surface area contributed by atoms with Crippen molar-refractivity contribution >= 4 is 5.78 Å². The van der Waals surface area contributed by atoms with Gasteiger partial charge in [-0.05, 0) is 12.1 Å². The summed E-state index contributed by atoms with van der Waals surface area (Å²) in [6.45, 7) is 1.57. The van der Waals surface area contributed by atoms with E-state index in [1.54, 1.807) is 38.3 Å². The van der Waals surface area contributed by atoms with Gasteiger partial charge >= 0.3 is 0 Å². The third-order valence-electron chi connectivity index (χ3n) is 2.08.